The van der Waals surface area contributed by atoms with E-state index in [0.29, 0.717) is 26.3 Å². The summed E-state index contributed by atoms with van der Waals surface area (Å²) in [5.74, 6) is -0.399. The summed E-state index contributed by atoms with van der Waals surface area (Å²) in [6.45, 7) is 0.143. The maximum absolute atomic E-state index is 13.1. The number of hydrogen-bond donors (Lipinski definition) is 2. The van der Waals surface area contributed by atoms with Gasteiger partial charge in [0.15, 0.2) is 0 Å². The summed E-state index contributed by atoms with van der Waals surface area (Å²) in [5, 5.41) is 14.1. The number of halogens is 4. The highest BCUT2D eigenvalue weighted by Gasteiger charge is 2.12. The highest BCUT2D eigenvalue weighted by Crippen LogP contribution is 2.34. The molecular formula is C14H11Cl3FNO. The van der Waals surface area contributed by atoms with Crippen LogP contribution in [0.2, 0.25) is 15.1 Å². The van der Waals surface area contributed by atoms with Crippen molar-refractivity contribution in [3.05, 3.63) is 62.8 Å². The summed E-state index contributed by atoms with van der Waals surface area (Å²) in [6, 6.07) is 8.86. The first kappa shape index (κ1) is 15.4. The van der Waals surface area contributed by atoms with E-state index in [1.807, 2.05) is 0 Å². The molecule has 0 bridgehead atoms. The van der Waals surface area contributed by atoms with Crippen LogP contribution < -0.4 is 5.32 Å². The Hall–Kier alpha value is -1.00. The number of rotatable bonds is 4. The summed E-state index contributed by atoms with van der Waals surface area (Å²) >= 11 is 17.8. The SMILES string of the molecule is OC(CNc1c(Cl)cc(Cl)cc1Cl)c1cccc(F)c1. The van der Waals surface area contributed by atoms with Crippen LogP contribution in [0.3, 0.4) is 0 Å². The lowest BCUT2D eigenvalue weighted by Gasteiger charge is -2.15. The van der Waals surface area contributed by atoms with Crippen molar-refractivity contribution in [2.24, 2.45) is 0 Å². The van der Waals surface area contributed by atoms with Crippen molar-refractivity contribution >= 4 is 40.5 Å². The van der Waals surface area contributed by atoms with Crippen LogP contribution in [0.5, 0.6) is 0 Å². The van der Waals surface area contributed by atoms with Crippen molar-refractivity contribution in [1.29, 1.82) is 0 Å². The first-order valence-corrected chi connectivity index (χ1v) is 6.92. The molecule has 0 heterocycles. The highest BCUT2D eigenvalue weighted by atomic mass is 35.5. The predicted molar refractivity (Wildman–Crippen MR) is 81.3 cm³/mol. The molecule has 0 radical (unpaired) electrons. The van der Waals surface area contributed by atoms with Crippen LogP contribution in [0, 0.1) is 5.82 Å². The number of aliphatic hydroxyl groups is 1. The van der Waals surface area contributed by atoms with Crippen molar-refractivity contribution in [1.82, 2.24) is 0 Å². The normalized spacial score (nSPS) is 12.2. The average Bonchev–Trinajstić information content (AvgIpc) is 2.37. The number of anilines is 1. The second-order valence-corrected chi connectivity index (χ2v) is 5.45. The van der Waals surface area contributed by atoms with Crippen molar-refractivity contribution < 1.29 is 9.50 Å². The molecule has 1 unspecified atom stereocenters. The molecule has 20 heavy (non-hydrogen) atoms. The Morgan fingerprint density at radius 3 is 2.35 bits per heavy atom. The Kier molecular flexibility index (Phi) is 5.11. The molecule has 106 valence electrons. The molecule has 0 aliphatic carbocycles. The molecule has 0 spiro atoms. The Morgan fingerprint density at radius 1 is 1.10 bits per heavy atom. The molecule has 0 aliphatic heterocycles. The lowest BCUT2D eigenvalue weighted by atomic mass is 10.1. The van der Waals surface area contributed by atoms with Crippen LogP contribution in [0.4, 0.5) is 10.1 Å². The zero-order valence-corrected chi connectivity index (χ0v) is 12.5. The first-order chi connectivity index (χ1) is 9.47. The largest absolute Gasteiger partial charge is 0.387 e. The van der Waals surface area contributed by atoms with Gasteiger partial charge in [0.25, 0.3) is 0 Å². The molecule has 2 N–H and O–H groups in total. The van der Waals surface area contributed by atoms with Gasteiger partial charge in [-0.3, -0.25) is 0 Å². The van der Waals surface area contributed by atoms with Crippen LogP contribution in [0.1, 0.15) is 11.7 Å². The number of hydrogen-bond acceptors (Lipinski definition) is 2. The van der Waals surface area contributed by atoms with E-state index in [-0.39, 0.29) is 6.54 Å². The summed E-state index contributed by atoms with van der Waals surface area (Å²) < 4.78 is 13.1. The molecule has 0 aromatic heterocycles. The van der Waals surface area contributed by atoms with Gasteiger partial charge in [0, 0.05) is 11.6 Å². The fourth-order valence-corrected chi connectivity index (χ4v) is 2.69. The van der Waals surface area contributed by atoms with E-state index in [1.165, 1.54) is 18.2 Å². The maximum atomic E-state index is 13.1. The third kappa shape index (κ3) is 3.76. The van der Waals surface area contributed by atoms with Crippen molar-refractivity contribution in [3.8, 4) is 0 Å². The van der Waals surface area contributed by atoms with Gasteiger partial charge >= 0.3 is 0 Å². The van der Waals surface area contributed by atoms with E-state index in [9.17, 15) is 9.50 Å². The molecule has 2 aromatic rings. The van der Waals surface area contributed by atoms with Crippen molar-refractivity contribution in [2.45, 2.75) is 6.10 Å². The number of benzene rings is 2. The Labute approximate surface area is 131 Å². The lowest BCUT2D eigenvalue weighted by Crippen LogP contribution is -2.12. The molecule has 2 nitrogen and oxygen atoms in total. The second kappa shape index (κ2) is 6.64. The molecule has 0 fully saturated rings. The van der Waals surface area contributed by atoms with E-state index in [0.717, 1.165) is 0 Å². The summed E-state index contributed by atoms with van der Waals surface area (Å²) in [7, 11) is 0. The third-order valence-electron chi connectivity index (χ3n) is 2.71. The molecule has 2 rings (SSSR count). The predicted octanol–water partition coefficient (Wildman–Crippen LogP) is 4.93. The zero-order valence-electron chi connectivity index (χ0n) is 10.2. The van der Waals surface area contributed by atoms with E-state index in [4.69, 9.17) is 34.8 Å². The monoisotopic (exact) mass is 333 g/mol. The lowest BCUT2D eigenvalue weighted by molar-refractivity contribution is 0.191. The molecule has 0 amide bonds. The quantitative estimate of drug-likeness (QED) is 0.831. The minimum atomic E-state index is -0.881. The number of nitrogens with one attached hydrogen (secondary N) is 1. The minimum absolute atomic E-state index is 0.143. The fourth-order valence-electron chi connectivity index (χ4n) is 1.74. The van der Waals surface area contributed by atoms with E-state index in [2.05, 4.69) is 5.32 Å². The van der Waals surface area contributed by atoms with Gasteiger partial charge in [-0.25, -0.2) is 4.39 Å². The van der Waals surface area contributed by atoms with Crippen LogP contribution in [-0.4, -0.2) is 11.7 Å². The second-order valence-electron chi connectivity index (χ2n) is 4.20. The molecule has 0 saturated heterocycles. The standard InChI is InChI=1S/C14H11Cl3FNO/c15-9-5-11(16)14(12(17)6-9)19-7-13(20)8-2-1-3-10(18)4-8/h1-6,13,19-20H,7H2. The summed E-state index contributed by atoms with van der Waals surface area (Å²) in [5.41, 5.74) is 0.951. The Morgan fingerprint density at radius 2 is 1.75 bits per heavy atom. The van der Waals surface area contributed by atoms with Crippen LogP contribution in [0.25, 0.3) is 0 Å². The van der Waals surface area contributed by atoms with Gasteiger partial charge < -0.3 is 10.4 Å². The molecule has 6 heteroatoms. The van der Waals surface area contributed by atoms with Gasteiger partial charge in [0.05, 0.1) is 21.8 Å². The van der Waals surface area contributed by atoms with Crippen LogP contribution in [0.15, 0.2) is 36.4 Å². The van der Waals surface area contributed by atoms with Crippen LogP contribution in [-0.2, 0) is 0 Å². The van der Waals surface area contributed by atoms with Gasteiger partial charge in [-0.15, -0.1) is 0 Å². The topological polar surface area (TPSA) is 32.3 Å². The third-order valence-corrected chi connectivity index (χ3v) is 3.53. The molecule has 0 saturated carbocycles. The smallest absolute Gasteiger partial charge is 0.123 e. The van der Waals surface area contributed by atoms with E-state index < -0.39 is 11.9 Å². The van der Waals surface area contributed by atoms with Gasteiger partial charge in [0.1, 0.15) is 5.82 Å². The first-order valence-electron chi connectivity index (χ1n) is 5.79. The van der Waals surface area contributed by atoms with Gasteiger partial charge in [-0.1, -0.05) is 46.9 Å². The highest BCUT2D eigenvalue weighted by molar-refractivity contribution is 6.41. The van der Waals surface area contributed by atoms with E-state index >= 15 is 0 Å². The van der Waals surface area contributed by atoms with Gasteiger partial charge in [-0.05, 0) is 29.8 Å². The zero-order chi connectivity index (χ0) is 14.7. The van der Waals surface area contributed by atoms with Crippen molar-refractivity contribution in [3.63, 3.8) is 0 Å². The summed E-state index contributed by atoms with van der Waals surface area (Å²) in [4.78, 5) is 0. The molecule has 0 aliphatic rings. The Bertz CT molecular complexity index is 598. The summed E-state index contributed by atoms with van der Waals surface area (Å²) in [6.07, 6.45) is -0.881. The molecule has 2 aromatic carbocycles. The Balaban J connectivity index is 2.09. The molecule has 1 atom stereocenters. The fraction of sp³-hybridized carbons (Fsp3) is 0.143. The maximum Gasteiger partial charge on any atom is 0.123 e. The van der Waals surface area contributed by atoms with Gasteiger partial charge in [-0.2, -0.15) is 0 Å². The molecular weight excluding hydrogens is 324 g/mol. The van der Waals surface area contributed by atoms with Crippen LogP contribution >= 0.6 is 34.8 Å². The average molecular weight is 335 g/mol. The van der Waals surface area contributed by atoms with Gasteiger partial charge in [0.2, 0.25) is 0 Å². The number of aliphatic hydroxyl groups excluding tert-OH is 1. The minimum Gasteiger partial charge on any atom is -0.387 e. The van der Waals surface area contributed by atoms with Crippen molar-refractivity contribution in [2.75, 3.05) is 11.9 Å². The van der Waals surface area contributed by atoms with E-state index in [1.54, 1.807) is 18.2 Å².